The van der Waals surface area contributed by atoms with E-state index in [2.05, 4.69) is 20.9 Å². The zero-order valence-corrected chi connectivity index (χ0v) is 21.2. The van der Waals surface area contributed by atoms with Crippen LogP contribution in [0.2, 0.25) is 5.02 Å². The van der Waals surface area contributed by atoms with Crippen LogP contribution in [0.4, 0.5) is 0 Å². The predicted molar refractivity (Wildman–Crippen MR) is 132 cm³/mol. The molecule has 2 N–H and O–H groups in total. The van der Waals surface area contributed by atoms with Gasteiger partial charge in [-0.05, 0) is 30.2 Å². The first-order chi connectivity index (χ1) is 16.1. The van der Waals surface area contributed by atoms with E-state index >= 15 is 0 Å². The number of nitrogens with zero attached hydrogens (tertiary/aromatic N) is 2. The summed E-state index contributed by atoms with van der Waals surface area (Å²) in [6.45, 7) is 1.49. The Labute approximate surface area is 211 Å². The van der Waals surface area contributed by atoms with Gasteiger partial charge < -0.3 is 19.8 Å². The molecular formula is C26H24BrClN2O4. The van der Waals surface area contributed by atoms with Crippen LogP contribution < -0.4 is 4.74 Å². The molecular weight excluding hydrogens is 520 g/mol. The van der Waals surface area contributed by atoms with E-state index in [4.69, 9.17) is 16.3 Å². The van der Waals surface area contributed by atoms with E-state index in [1.54, 1.807) is 20.2 Å². The minimum atomic E-state index is -2.06. The second kappa shape index (κ2) is 7.78. The molecule has 1 amide bonds. The van der Waals surface area contributed by atoms with Crippen LogP contribution in [0.5, 0.6) is 5.75 Å². The fourth-order valence-electron chi connectivity index (χ4n) is 5.78. The van der Waals surface area contributed by atoms with Crippen molar-refractivity contribution in [3.05, 3.63) is 93.2 Å². The number of amides is 1. The van der Waals surface area contributed by atoms with Gasteiger partial charge in [-0.2, -0.15) is 0 Å². The molecule has 5 atom stereocenters. The molecule has 0 radical (unpaired) electrons. The minimum absolute atomic E-state index is 0.153. The van der Waals surface area contributed by atoms with Crippen LogP contribution in [0.3, 0.4) is 0 Å². The molecule has 2 aromatic carbocycles. The molecule has 1 fully saturated rings. The largest absolute Gasteiger partial charge is 0.476 e. The third-order valence-electron chi connectivity index (χ3n) is 7.22. The SMILES string of the molecule is CN(C)C(=O)[C@@H]1[C@@H](c2ccccc2)[C@]2(c3ccc(Br)cc3)Oc3cc(Cl)cnc3[C@]2(O)C1(C)O. The number of rotatable bonds is 3. The average Bonchev–Trinajstić information content (AvgIpc) is 3.15. The molecule has 0 saturated heterocycles. The molecule has 3 aromatic rings. The summed E-state index contributed by atoms with van der Waals surface area (Å²) in [7, 11) is 3.27. The van der Waals surface area contributed by atoms with E-state index < -0.39 is 28.6 Å². The van der Waals surface area contributed by atoms with E-state index in [-0.39, 0.29) is 17.4 Å². The average molecular weight is 544 g/mol. The maximum absolute atomic E-state index is 13.7. The molecule has 176 valence electrons. The highest BCUT2D eigenvalue weighted by Crippen LogP contribution is 2.71. The number of aliphatic hydroxyl groups is 2. The number of benzene rings is 2. The van der Waals surface area contributed by atoms with Gasteiger partial charge in [0.2, 0.25) is 5.91 Å². The zero-order chi connectivity index (χ0) is 24.5. The Hall–Kier alpha value is -2.45. The van der Waals surface area contributed by atoms with Crippen molar-refractivity contribution in [3.8, 4) is 5.75 Å². The molecule has 8 heteroatoms. The first-order valence-corrected chi connectivity index (χ1v) is 12.0. The molecule has 2 aliphatic rings. The number of hydrogen-bond donors (Lipinski definition) is 2. The Morgan fingerprint density at radius 2 is 1.76 bits per heavy atom. The highest BCUT2D eigenvalue weighted by molar-refractivity contribution is 9.10. The molecule has 1 aromatic heterocycles. The monoisotopic (exact) mass is 542 g/mol. The summed E-state index contributed by atoms with van der Waals surface area (Å²) in [6.07, 6.45) is 1.41. The number of pyridine rings is 1. The fourth-order valence-corrected chi connectivity index (χ4v) is 6.19. The number of carbonyl (C=O) groups excluding carboxylic acids is 1. The lowest BCUT2D eigenvalue weighted by molar-refractivity contribution is -0.199. The maximum Gasteiger partial charge on any atom is 0.228 e. The fraction of sp³-hybridized carbons (Fsp3) is 0.308. The number of halogens is 2. The Morgan fingerprint density at radius 3 is 2.38 bits per heavy atom. The van der Waals surface area contributed by atoms with Crippen LogP contribution in [0.15, 0.2) is 71.3 Å². The summed E-state index contributed by atoms with van der Waals surface area (Å²) >= 11 is 9.70. The second-order valence-corrected chi connectivity index (χ2v) is 10.7. The van der Waals surface area contributed by atoms with Gasteiger partial charge in [0.25, 0.3) is 0 Å². The van der Waals surface area contributed by atoms with E-state index in [0.29, 0.717) is 10.6 Å². The lowest BCUT2D eigenvalue weighted by Gasteiger charge is -2.42. The lowest BCUT2D eigenvalue weighted by atomic mass is 9.70. The highest BCUT2D eigenvalue weighted by atomic mass is 79.9. The van der Waals surface area contributed by atoms with Gasteiger partial charge in [-0.25, -0.2) is 0 Å². The Morgan fingerprint density at radius 1 is 1.12 bits per heavy atom. The lowest BCUT2D eigenvalue weighted by Crippen LogP contribution is -2.58. The van der Waals surface area contributed by atoms with Gasteiger partial charge in [-0.1, -0.05) is 70.0 Å². The molecule has 1 unspecified atom stereocenters. The van der Waals surface area contributed by atoms with Gasteiger partial charge in [-0.15, -0.1) is 0 Å². The summed E-state index contributed by atoms with van der Waals surface area (Å²) < 4.78 is 7.49. The number of fused-ring (bicyclic) bond motifs is 3. The van der Waals surface area contributed by atoms with Crippen molar-refractivity contribution in [2.75, 3.05) is 14.1 Å². The molecule has 1 aliphatic carbocycles. The second-order valence-electron chi connectivity index (χ2n) is 9.30. The molecule has 0 spiro atoms. The molecule has 34 heavy (non-hydrogen) atoms. The van der Waals surface area contributed by atoms with E-state index in [1.807, 2.05) is 54.6 Å². The predicted octanol–water partition coefficient (Wildman–Crippen LogP) is 4.23. The summed E-state index contributed by atoms with van der Waals surface area (Å²) in [5, 5.41) is 25.2. The molecule has 1 aliphatic heterocycles. The highest BCUT2D eigenvalue weighted by Gasteiger charge is 2.82. The zero-order valence-electron chi connectivity index (χ0n) is 18.9. The molecule has 6 nitrogen and oxygen atoms in total. The van der Waals surface area contributed by atoms with Crippen LogP contribution in [-0.4, -0.2) is 45.7 Å². The standard InChI is InChI=1S/C26H24BrClN2O4/c1-24(32)21(23(31)30(2)3)20(15-7-5-4-6-8-15)25(16-9-11-17(27)12-10-16)26(24,33)22-19(34-25)13-18(28)14-29-22/h4-14,20-21,32-33H,1-3H3/t20-,21+,24?,25+,26+/m1/s1. The van der Waals surface area contributed by atoms with Crippen LogP contribution in [0.25, 0.3) is 0 Å². The van der Waals surface area contributed by atoms with Crippen molar-refractivity contribution in [2.45, 2.75) is 29.6 Å². The third kappa shape index (κ3) is 2.87. The third-order valence-corrected chi connectivity index (χ3v) is 7.95. The number of ether oxygens (including phenoxy) is 1. The quantitative estimate of drug-likeness (QED) is 0.517. The summed E-state index contributed by atoms with van der Waals surface area (Å²) in [6, 6.07) is 18.3. The van der Waals surface area contributed by atoms with Gasteiger partial charge in [0.05, 0.1) is 10.9 Å². The first kappa shape index (κ1) is 23.3. The van der Waals surface area contributed by atoms with Crippen molar-refractivity contribution >= 4 is 33.4 Å². The molecule has 1 saturated carbocycles. The van der Waals surface area contributed by atoms with Crippen molar-refractivity contribution in [2.24, 2.45) is 5.92 Å². The smallest absolute Gasteiger partial charge is 0.228 e. The Bertz CT molecular complexity index is 1270. The van der Waals surface area contributed by atoms with Gasteiger partial charge in [0.1, 0.15) is 17.0 Å². The van der Waals surface area contributed by atoms with E-state index in [0.717, 1.165) is 10.0 Å². The van der Waals surface area contributed by atoms with Crippen LogP contribution in [0, 0.1) is 5.92 Å². The van der Waals surface area contributed by atoms with Gasteiger partial charge in [0.15, 0.2) is 11.2 Å². The van der Waals surface area contributed by atoms with Crippen LogP contribution in [-0.2, 0) is 16.0 Å². The van der Waals surface area contributed by atoms with Crippen LogP contribution in [0.1, 0.15) is 29.7 Å². The molecule has 2 heterocycles. The van der Waals surface area contributed by atoms with E-state index in [9.17, 15) is 15.0 Å². The Kier molecular flexibility index (Phi) is 5.33. The maximum atomic E-state index is 13.7. The van der Waals surface area contributed by atoms with Crippen LogP contribution >= 0.6 is 27.5 Å². The van der Waals surface area contributed by atoms with Gasteiger partial charge in [-0.3, -0.25) is 9.78 Å². The number of hydrogen-bond acceptors (Lipinski definition) is 5. The van der Waals surface area contributed by atoms with Crippen molar-refractivity contribution in [3.63, 3.8) is 0 Å². The topological polar surface area (TPSA) is 82.9 Å². The normalized spacial score (nSPS) is 31.5. The Balaban J connectivity index is 1.91. The summed E-state index contributed by atoms with van der Waals surface area (Å²) in [5.74, 6) is -1.84. The molecule has 0 bridgehead atoms. The van der Waals surface area contributed by atoms with Crippen molar-refractivity contribution in [1.82, 2.24) is 9.88 Å². The van der Waals surface area contributed by atoms with Crippen molar-refractivity contribution < 1.29 is 19.7 Å². The van der Waals surface area contributed by atoms with Gasteiger partial charge >= 0.3 is 0 Å². The first-order valence-electron chi connectivity index (χ1n) is 10.9. The minimum Gasteiger partial charge on any atom is -0.476 e. The van der Waals surface area contributed by atoms with E-state index in [1.165, 1.54) is 18.0 Å². The molecule has 5 rings (SSSR count). The summed E-state index contributed by atoms with van der Waals surface area (Å²) in [5.41, 5.74) is -4.07. The van der Waals surface area contributed by atoms with Crippen molar-refractivity contribution in [1.29, 1.82) is 0 Å². The summed E-state index contributed by atoms with van der Waals surface area (Å²) in [4.78, 5) is 19.5. The number of aromatic nitrogens is 1. The van der Waals surface area contributed by atoms with Gasteiger partial charge in [0, 0.05) is 36.7 Å². The number of carbonyl (C=O) groups is 1.